The summed E-state index contributed by atoms with van der Waals surface area (Å²) in [5.74, 6) is -2.67. The number of rotatable bonds is 13. The zero-order valence-electron chi connectivity index (χ0n) is 26.6. The minimum Gasteiger partial charge on any atom is -0.444 e. The number of carbonyl (C=O) groups is 2. The molecule has 4 N–H and O–H groups in total. The maximum atomic E-state index is 14.0. The number of hydrogen-bond acceptors (Lipinski definition) is 4. The van der Waals surface area contributed by atoms with E-state index in [1.54, 1.807) is 0 Å². The van der Waals surface area contributed by atoms with Crippen LogP contribution in [0.2, 0.25) is 0 Å². The average molecular weight is 641 g/mol. The van der Waals surface area contributed by atoms with Gasteiger partial charge in [0.2, 0.25) is 11.8 Å². The minimum atomic E-state index is -2.62. The van der Waals surface area contributed by atoms with Crippen molar-refractivity contribution in [2.45, 2.75) is 109 Å². The van der Waals surface area contributed by atoms with Crippen molar-refractivity contribution < 1.29 is 23.1 Å². The summed E-state index contributed by atoms with van der Waals surface area (Å²) in [4.78, 5) is 24.8. The van der Waals surface area contributed by atoms with Crippen LogP contribution >= 0.6 is 12.2 Å². The Morgan fingerprint density at radius 1 is 1.02 bits per heavy atom. The van der Waals surface area contributed by atoms with Gasteiger partial charge in [-0.2, -0.15) is 0 Å². The number of alkyl carbamates (subject to hydrolysis) is 1. The Hall–Kier alpha value is -3.53. The molecule has 1 saturated carbocycles. The minimum absolute atomic E-state index is 0.0456. The van der Waals surface area contributed by atoms with Crippen molar-refractivity contribution in [3.8, 4) is 11.1 Å². The van der Waals surface area contributed by atoms with Gasteiger partial charge in [-0.25, -0.2) is 13.6 Å². The lowest BCUT2D eigenvalue weighted by molar-refractivity contribution is -0.116. The molecule has 1 aliphatic carbocycles. The summed E-state index contributed by atoms with van der Waals surface area (Å²) in [6.45, 7) is 6.11. The Kier molecular flexibility index (Phi) is 11.6. The third-order valence-corrected chi connectivity index (χ3v) is 8.39. The molecule has 2 amide bonds. The molecule has 0 atom stereocenters. The van der Waals surface area contributed by atoms with E-state index >= 15 is 0 Å². The number of thiocarbonyl (C=S) groups is 1. The molecular formula is C35H46F2N4O3S. The molecule has 0 unspecified atom stereocenters. The van der Waals surface area contributed by atoms with E-state index in [2.05, 4.69) is 15.2 Å². The Balaban J connectivity index is 1.33. The highest BCUT2D eigenvalue weighted by Gasteiger charge is 2.36. The molecular weight excluding hydrogens is 594 g/mol. The maximum Gasteiger partial charge on any atom is 0.407 e. The number of anilines is 1. The van der Waals surface area contributed by atoms with Gasteiger partial charge < -0.3 is 25.7 Å². The quantitative estimate of drug-likeness (QED) is 0.128. The Labute approximate surface area is 270 Å². The summed E-state index contributed by atoms with van der Waals surface area (Å²) in [7, 11) is 0. The lowest BCUT2D eigenvalue weighted by Crippen LogP contribution is -2.32. The summed E-state index contributed by atoms with van der Waals surface area (Å²) in [5, 5.41) is 6.79. The van der Waals surface area contributed by atoms with E-state index in [1.165, 1.54) is 0 Å². The standard InChI is InChI=1S/C35H46F2N4O3S/c1-34(2,3)44-33(43)39-20-9-7-5-4-6-8-13-31(42)40-26-14-15-28-29(24-11-10-12-25(21-24)32(38)45)23-41(30(28)22-26)27-16-18-35(36,37)19-17-27/h10-12,14-15,21-23,27H,4-9,13,16-20H2,1-3H3,(H2,38,45)(H,39,43)(H,40,42). The van der Waals surface area contributed by atoms with Crippen LogP contribution in [0.1, 0.15) is 103 Å². The van der Waals surface area contributed by atoms with Crippen LogP contribution in [-0.2, 0) is 9.53 Å². The largest absolute Gasteiger partial charge is 0.444 e. The van der Waals surface area contributed by atoms with E-state index in [0.717, 1.165) is 66.1 Å². The van der Waals surface area contributed by atoms with Gasteiger partial charge in [-0.1, -0.05) is 62.2 Å². The van der Waals surface area contributed by atoms with E-state index in [-0.39, 0.29) is 30.9 Å². The van der Waals surface area contributed by atoms with Crippen LogP contribution in [0.25, 0.3) is 22.0 Å². The van der Waals surface area contributed by atoms with Crippen LogP contribution in [0.4, 0.5) is 19.3 Å². The molecule has 1 heterocycles. The number of hydrogen-bond donors (Lipinski definition) is 3. The molecule has 0 saturated heterocycles. The molecule has 0 bridgehead atoms. The van der Waals surface area contributed by atoms with Gasteiger partial charge in [-0.05, 0) is 70.2 Å². The highest BCUT2D eigenvalue weighted by atomic mass is 32.1. The van der Waals surface area contributed by atoms with Gasteiger partial charge in [0.1, 0.15) is 10.6 Å². The number of nitrogens with two attached hydrogens (primary N) is 1. The van der Waals surface area contributed by atoms with Gasteiger partial charge in [0.05, 0.1) is 5.52 Å². The zero-order valence-corrected chi connectivity index (χ0v) is 27.4. The van der Waals surface area contributed by atoms with Crippen molar-refractivity contribution in [1.82, 2.24) is 9.88 Å². The molecule has 7 nitrogen and oxygen atoms in total. The van der Waals surface area contributed by atoms with Crippen molar-refractivity contribution >= 4 is 45.8 Å². The second-order valence-corrected chi connectivity index (χ2v) is 13.5. The number of benzene rings is 2. The molecule has 10 heteroatoms. The molecule has 3 aromatic rings. The first-order valence-electron chi connectivity index (χ1n) is 16.0. The lowest BCUT2D eigenvalue weighted by atomic mass is 9.92. The molecule has 0 aliphatic heterocycles. The Morgan fingerprint density at radius 2 is 1.71 bits per heavy atom. The topological polar surface area (TPSA) is 98.4 Å². The number of nitrogens with one attached hydrogen (secondary N) is 2. The van der Waals surface area contributed by atoms with Crippen molar-refractivity contribution in [2.24, 2.45) is 5.73 Å². The van der Waals surface area contributed by atoms with Crippen LogP contribution in [-0.4, -0.2) is 39.6 Å². The highest BCUT2D eigenvalue weighted by molar-refractivity contribution is 7.80. The molecule has 4 rings (SSSR count). The molecule has 2 aromatic carbocycles. The van der Waals surface area contributed by atoms with E-state index < -0.39 is 11.5 Å². The van der Waals surface area contributed by atoms with E-state index in [1.807, 2.05) is 69.4 Å². The van der Waals surface area contributed by atoms with Gasteiger partial charge >= 0.3 is 6.09 Å². The fraction of sp³-hybridized carbons (Fsp3) is 0.514. The Bertz CT molecular complexity index is 1490. The molecule has 1 aromatic heterocycles. The average Bonchev–Trinajstić information content (AvgIpc) is 3.34. The monoisotopic (exact) mass is 640 g/mol. The first-order chi connectivity index (χ1) is 21.3. The van der Waals surface area contributed by atoms with Crippen molar-refractivity contribution in [3.05, 3.63) is 54.2 Å². The summed E-state index contributed by atoms with van der Waals surface area (Å²) in [6.07, 6.45) is 8.29. The van der Waals surface area contributed by atoms with Crippen LogP contribution in [0, 0.1) is 0 Å². The smallest absolute Gasteiger partial charge is 0.407 e. The fourth-order valence-electron chi connectivity index (χ4n) is 5.85. The lowest BCUT2D eigenvalue weighted by Gasteiger charge is -2.29. The third-order valence-electron chi connectivity index (χ3n) is 8.15. The van der Waals surface area contributed by atoms with Crippen LogP contribution < -0.4 is 16.4 Å². The van der Waals surface area contributed by atoms with Crippen molar-refractivity contribution in [2.75, 3.05) is 11.9 Å². The van der Waals surface area contributed by atoms with Gasteiger partial charge in [-0.3, -0.25) is 4.79 Å². The molecule has 244 valence electrons. The predicted molar refractivity (Wildman–Crippen MR) is 181 cm³/mol. The second kappa shape index (κ2) is 15.2. The van der Waals surface area contributed by atoms with Gasteiger partial charge in [0.25, 0.3) is 0 Å². The number of halogens is 2. The number of amides is 2. The molecule has 1 aliphatic rings. The number of aromatic nitrogens is 1. The number of fused-ring (bicyclic) bond motifs is 1. The fourth-order valence-corrected chi connectivity index (χ4v) is 5.98. The third kappa shape index (κ3) is 10.2. The van der Waals surface area contributed by atoms with Gasteiger partial charge in [-0.15, -0.1) is 0 Å². The van der Waals surface area contributed by atoms with E-state index in [4.69, 9.17) is 22.7 Å². The molecule has 0 radical (unpaired) electrons. The zero-order chi connectivity index (χ0) is 32.6. The molecule has 0 spiro atoms. The van der Waals surface area contributed by atoms with Crippen LogP contribution in [0.3, 0.4) is 0 Å². The Morgan fingerprint density at radius 3 is 2.40 bits per heavy atom. The van der Waals surface area contributed by atoms with Gasteiger partial charge in [0.15, 0.2) is 0 Å². The molecule has 45 heavy (non-hydrogen) atoms. The summed E-state index contributed by atoms with van der Waals surface area (Å²) in [6, 6.07) is 13.5. The number of alkyl halides is 2. The van der Waals surface area contributed by atoms with E-state index in [9.17, 15) is 18.4 Å². The number of carbonyl (C=O) groups excluding carboxylic acids is 2. The van der Waals surface area contributed by atoms with Crippen LogP contribution in [0.5, 0.6) is 0 Å². The normalized spacial score (nSPS) is 15.1. The number of ether oxygens (including phenoxy) is 1. The van der Waals surface area contributed by atoms with E-state index in [0.29, 0.717) is 36.5 Å². The highest BCUT2D eigenvalue weighted by Crippen LogP contribution is 2.42. The summed E-state index contributed by atoms with van der Waals surface area (Å²) < 4.78 is 35.3. The van der Waals surface area contributed by atoms with Gasteiger partial charge in [0, 0.05) is 60.2 Å². The predicted octanol–water partition coefficient (Wildman–Crippen LogP) is 8.89. The van der Waals surface area contributed by atoms with Crippen LogP contribution in [0.15, 0.2) is 48.7 Å². The van der Waals surface area contributed by atoms with Crippen molar-refractivity contribution in [3.63, 3.8) is 0 Å². The summed E-state index contributed by atoms with van der Waals surface area (Å²) >= 11 is 5.19. The first-order valence-corrected chi connectivity index (χ1v) is 16.4. The second-order valence-electron chi connectivity index (χ2n) is 13.1. The SMILES string of the molecule is CC(C)(C)OC(=O)NCCCCCCCCC(=O)Nc1ccc2c(-c3cccc(C(N)=S)c3)cn(C3CCC(F)(F)CC3)c2c1. The number of nitrogens with zero attached hydrogens (tertiary/aromatic N) is 1. The summed E-state index contributed by atoms with van der Waals surface area (Å²) in [5.41, 5.74) is 9.66. The first kappa shape index (κ1) is 34.3. The maximum absolute atomic E-state index is 14.0. The molecule has 1 fully saturated rings. The number of unbranched alkanes of at least 4 members (excludes halogenated alkanes) is 5. The van der Waals surface area contributed by atoms with Crippen molar-refractivity contribution in [1.29, 1.82) is 0 Å².